The van der Waals surface area contributed by atoms with Gasteiger partial charge in [0, 0.05) is 0 Å². The normalized spacial score (nSPS) is 11.5. The van der Waals surface area contributed by atoms with Gasteiger partial charge in [-0.1, -0.05) is 48.5 Å². The van der Waals surface area contributed by atoms with E-state index >= 15 is 0 Å². The van der Waals surface area contributed by atoms with Crippen LogP contribution in [0.2, 0.25) is 0 Å². The lowest BCUT2D eigenvalue weighted by atomic mass is 10.1. The van der Waals surface area contributed by atoms with Crippen LogP contribution >= 0.6 is 0 Å². The van der Waals surface area contributed by atoms with Gasteiger partial charge in [0.15, 0.2) is 0 Å². The second-order valence-corrected chi connectivity index (χ2v) is 5.79. The van der Waals surface area contributed by atoms with Gasteiger partial charge in [0.2, 0.25) is 0 Å². The Labute approximate surface area is 151 Å². The number of hydrogen-bond donors (Lipinski definition) is 0. The van der Waals surface area contributed by atoms with Gasteiger partial charge in [0.05, 0.1) is 22.7 Å². The van der Waals surface area contributed by atoms with Gasteiger partial charge in [-0.25, -0.2) is 0 Å². The molecule has 4 aromatic carbocycles. The Kier molecular flexibility index (Phi) is 4.56. The Morgan fingerprint density at radius 3 is 1.23 bits per heavy atom. The molecule has 4 nitrogen and oxygen atoms in total. The zero-order valence-corrected chi connectivity index (χ0v) is 14.0. The summed E-state index contributed by atoms with van der Waals surface area (Å²) in [7, 11) is 0. The molecule has 0 radical (unpaired) electrons. The van der Waals surface area contributed by atoms with E-state index in [0.717, 1.165) is 33.5 Å². The summed E-state index contributed by atoms with van der Waals surface area (Å²) in [6, 6.07) is 31.4. The molecule has 0 aromatic heterocycles. The number of rotatable bonds is 4. The SMILES string of the molecule is c1ccc(N=Nc2ccc3ccc(N=Nc4ccccc4)cc3c2)cc1. The summed E-state index contributed by atoms with van der Waals surface area (Å²) in [5.41, 5.74) is 3.27. The molecule has 0 aliphatic rings. The van der Waals surface area contributed by atoms with E-state index < -0.39 is 0 Å². The molecule has 4 rings (SSSR count). The molecule has 0 aliphatic heterocycles. The minimum Gasteiger partial charge on any atom is -0.151 e. The Bertz CT molecular complexity index is 987. The van der Waals surface area contributed by atoms with Gasteiger partial charge in [-0.15, -0.1) is 0 Å². The highest BCUT2D eigenvalue weighted by Crippen LogP contribution is 2.27. The predicted molar refractivity (Wildman–Crippen MR) is 105 cm³/mol. The number of benzene rings is 4. The summed E-state index contributed by atoms with van der Waals surface area (Å²) in [5.74, 6) is 0. The summed E-state index contributed by atoms with van der Waals surface area (Å²) >= 11 is 0. The summed E-state index contributed by atoms with van der Waals surface area (Å²) < 4.78 is 0. The maximum absolute atomic E-state index is 4.32. The van der Waals surface area contributed by atoms with Gasteiger partial charge in [-0.05, 0) is 59.3 Å². The van der Waals surface area contributed by atoms with Crippen LogP contribution in [0.15, 0.2) is 118 Å². The van der Waals surface area contributed by atoms with Gasteiger partial charge >= 0.3 is 0 Å². The zero-order chi connectivity index (χ0) is 17.6. The Morgan fingerprint density at radius 1 is 0.346 bits per heavy atom. The highest BCUT2D eigenvalue weighted by molar-refractivity contribution is 5.87. The van der Waals surface area contributed by atoms with Crippen molar-refractivity contribution >= 4 is 33.5 Å². The van der Waals surface area contributed by atoms with Crippen LogP contribution in [0.5, 0.6) is 0 Å². The molecule has 4 heteroatoms. The van der Waals surface area contributed by atoms with E-state index in [4.69, 9.17) is 0 Å². The van der Waals surface area contributed by atoms with Crippen LogP contribution in [-0.2, 0) is 0 Å². The van der Waals surface area contributed by atoms with Crippen molar-refractivity contribution in [3.05, 3.63) is 97.1 Å². The number of hydrogen-bond acceptors (Lipinski definition) is 4. The lowest BCUT2D eigenvalue weighted by Gasteiger charge is -2.00. The highest BCUT2D eigenvalue weighted by atomic mass is 15.1. The molecule has 0 N–H and O–H groups in total. The Morgan fingerprint density at radius 2 is 0.769 bits per heavy atom. The maximum Gasteiger partial charge on any atom is 0.0863 e. The lowest BCUT2D eigenvalue weighted by Crippen LogP contribution is -1.73. The molecule has 0 aliphatic carbocycles. The maximum atomic E-state index is 4.32. The van der Waals surface area contributed by atoms with Crippen molar-refractivity contribution < 1.29 is 0 Å². The first-order valence-electron chi connectivity index (χ1n) is 8.34. The van der Waals surface area contributed by atoms with Gasteiger partial charge in [0.25, 0.3) is 0 Å². The van der Waals surface area contributed by atoms with E-state index in [2.05, 4.69) is 20.5 Å². The molecule has 0 fully saturated rings. The van der Waals surface area contributed by atoms with Crippen LogP contribution < -0.4 is 0 Å². The Hall–Kier alpha value is -3.66. The van der Waals surface area contributed by atoms with Crippen molar-refractivity contribution in [3.8, 4) is 0 Å². The molecule has 0 saturated carbocycles. The van der Waals surface area contributed by atoms with Crippen molar-refractivity contribution in [1.82, 2.24) is 0 Å². The average molecular weight is 336 g/mol. The fourth-order valence-corrected chi connectivity index (χ4v) is 2.57. The third-order valence-corrected chi connectivity index (χ3v) is 3.88. The predicted octanol–water partition coefficient (Wildman–Crippen LogP) is 7.67. The van der Waals surface area contributed by atoms with Crippen LogP contribution in [0.4, 0.5) is 22.7 Å². The molecule has 124 valence electrons. The highest BCUT2D eigenvalue weighted by Gasteiger charge is 1.99. The molecule has 0 heterocycles. The van der Waals surface area contributed by atoms with Crippen LogP contribution in [0.1, 0.15) is 0 Å². The third-order valence-electron chi connectivity index (χ3n) is 3.88. The number of azo groups is 2. The first kappa shape index (κ1) is 15.8. The molecule has 0 spiro atoms. The fourth-order valence-electron chi connectivity index (χ4n) is 2.57. The molecule has 0 atom stereocenters. The van der Waals surface area contributed by atoms with Gasteiger partial charge < -0.3 is 0 Å². The van der Waals surface area contributed by atoms with Gasteiger partial charge in [-0.3, -0.25) is 0 Å². The standard InChI is InChI=1S/C22H16N4/c1-3-7-19(8-4-1)23-25-21-13-11-17-12-14-22(16-18(17)15-21)26-24-20-9-5-2-6-10-20/h1-16H. The summed E-state index contributed by atoms with van der Waals surface area (Å²) in [6.07, 6.45) is 0. The van der Waals surface area contributed by atoms with Crippen LogP contribution in [0, 0.1) is 0 Å². The smallest absolute Gasteiger partial charge is 0.0863 e. The second kappa shape index (κ2) is 7.49. The average Bonchev–Trinajstić information content (AvgIpc) is 2.72. The molecule has 0 unspecified atom stereocenters. The van der Waals surface area contributed by atoms with Gasteiger partial charge in [0.1, 0.15) is 0 Å². The summed E-state index contributed by atoms with van der Waals surface area (Å²) in [4.78, 5) is 0. The number of fused-ring (bicyclic) bond motifs is 1. The van der Waals surface area contributed by atoms with Crippen molar-refractivity contribution in [2.75, 3.05) is 0 Å². The molecular formula is C22H16N4. The van der Waals surface area contributed by atoms with Crippen molar-refractivity contribution in [2.45, 2.75) is 0 Å². The minimum absolute atomic E-state index is 0.804. The largest absolute Gasteiger partial charge is 0.151 e. The van der Waals surface area contributed by atoms with E-state index in [1.165, 1.54) is 0 Å². The van der Waals surface area contributed by atoms with Crippen molar-refractivity contribution in [2.24, 2.45) is 20.5 Å². The summed E-state index contributed by atoms with van der Waals surface area (Å²) in [6.45, 7) is 0. The van der Waals surface area contributed by atoms with Crippen LogP contribution in [0.25, 0.3) is 10.8 Å². The molecule has 0 saturated heterocycles. The quantitative estimate of drug-likeness (QED) is 0.343. The second-order valence-electron chi connectivity index (χ2n) is 5.79. The molecule has 0 amide bonds. The third kappa shape index (κ3) is 3.87. The van der Waals surface area contributed by atoms with E-state index in [9.17, 15) is 0 Å². The minimum atomic E-state index is 0.804. The van der Waals surface area contributed by atoms with Crippen LogP contribution in [0.3, 0.4) is 0 Å². The Balaban J connectivity index is 1.60. The monoisotopic (exact) mass is 336 g/mol. The molecule has 26 heavy (non-hydrogen) atoms. The van der Waals surface area contributed by atoms with Crippen LogP contribution in [-0.4, -0.2) is 0 Å². The first-order valence-corrected chi connectivity index (χ1v) is 8.34. The molecule has 0 bridgehead atoms. The van der Waals surface area contributed by atoms with Crippen molar-refractivity contribution in [1.29, 1.82) is 0 Å². The van der Waals surface area contributed by atoms with Gasteiger partial charge in [-0.2, -0.15) is 20.5 Å². The number of nitrogens with zero attached hydrogens (tertiary/aromatic N) is 4. The van der Waals surface area contributed by atoms with Crippen molar-refractivity contribution in [3.63, 3.8) is 0 Å². The zero-order valence-electron chi connectivity index (χ0n) is 14.0. The van der Waals surface area contributed by atoms with E-state index in [0.29, 0.717) is 0 Å². The fraction of sp³-hybridized carbons (Fsp3) is 0. The topological polar surface area (TPSA) is 49.4 Å². The van der Waals surface area contributed by atoms with E-state index in [1.54, 1.807) is 0 Å². The lowest BCUT2D eigenvalue weighted by molar-refractivity contribution is 1.23. The first-order chi connectivity index (χ1) is 12.9. The van der Waals surface area contributed by atoms with E-state index in [1.807, 2.05) is 97.1 Å². The summed E-state index contributed by atoms with van der Waals surface area (Å²) in [5, 5.41) is 19.4. The molecular weight excluding hydrogens is 320 g/mol. The molecule has 4 aromatic rings. The van der Waals surface area contributed by atoms with E-state index in [-0.39, 0.29) is 0 Å².